The average Bonchev–Trinajstić information content (AvgIpc) is 3.10. The monoisotopic (exact) mass is 350 g/mol. The van der Waals surface area contributed by atoms with Crippen LogP contribution < -0.4 is 16.0 Å². The Labute approximate surface area is 154 Å². The number of rotatable bonds is 7. The van der Waals surface area contributed by atoms with Gasteiger partial charge in [-0.2, -0.15) is 0 Å². The van der Waals surface area contributed by atoms with Crippen molar-refractivity contribution in [1.82, 2.24) is 5.32 Å². The summed E-state index contributed by atoms with van der Waals surface area (Å²) in [6.07, 6.45) is 3.05. The van der Waals surface area contributed by atoms with Gasteiger partial charge in [-0.3, -0.25) is 9.79 Å². The number of amides is 1. The minimum atomic E-state index is 0.167. The molecular weight excluding hydrogens is 324 g/mol. The van der Waals surface area contributed by atoms with Crippen molar-refractivity contribution in [2.75, 3.05) is 24.5 Å². The molecule has 0 aromatic heterocycles. The van der Waals surface area contributed by atoms with Crippen LogP contribution in [0.15, 0.2) is 59.6 Å². The van der Waals surface area contributed by atoms with Gasteiger partial charge in [0.05, 0.1) is 0 Å². The Kier molecular flexibility index (Phi) is 6.25. The van der Waals surface area contributed by atoms with E-state index in [4.69, 9.17) is 5.73 Å². The van der Waals surface area contributed by atoms with Crippen molar-refractivity contribution in [3.05, 3.63) is 65.7 Å². The molecule has 0 saturated carbocycles. The number of fused-ring (bicyclic) bond motifs is 1. The number of nitrogens with zero attached hydrogens (tertiary/aromatic N) is 2. The number of nitrogens with one attached hydrogen (secondary N) is 1. The molecule has 0 bridgehead atoms. The van der Waals surface area contributed by atoms with Crippen LogP contribution in [-0.4, -0.2) is 31.5 Å². The number of anilines is 1. The van der Waals surface area contributed by atoms with Crippen LogP contribution in [0.4, 0.5) is 5.69 Å². The molecule has 0 saturated heterocycles. The molecule has 5 nitrogen and oxygen atoms in total. The fourth-order valence-electron chi connectivity index (χ4n) is 3.20. The number of carbonyl (C=O) groups is 1. The van der Waals surface area contributed by atoms with E-state index < -0.39 is 0 Å². The highest BCUT2D eigenvalue weighted by Gasteiger charge is 2.23. The van der Waals surface area contributed by atoms with E-state index in [-0.39, 0.29) is 5.91 Å². The van der Waals surface area contributed by atoms with E-state index >= 15 is 0 Å². The first kappa shape index (κ1) is 18.0. The highest BCUT2D eigenvalue weighted by molar-refractivity contribution is 5.95. The molecule has 3 rings (SSSR count). The first-order valence-corrected chi connectivity index (χ1v) is 9.20. The summed E-state index contributed by atoms with van der Waals surface area (Å²) in [4.78, 5) is 18.6. The van der Waals surface area contributed by atoms with Gasteiger partial charge in [0, 0.05) is 31.7 Å². The fraction of sp³-hybridized carbons (Fsp3) is 0.333. The number of aliphatic imine (C=N–C) groups is 1. The molecule has 5 heteroatoms. The molecule has 0 fully saturated rings. The summed E-state index contributed by atoms with van der Waals surface area (Å²) in [7, 11) is 0. The Balaban J connectivity index is 1.35. The van der Waals surface area contributed by atoms with Gasteiger partial charge in [-0.05, 0) is 36.5 Å². The molecule has 0 spiro atoms. The van der Waals surface area contributed by atoms with Crippen LogP contribution in [0.25, 0.3) is 0 Å². The third-order valence-electron chi connectivity index (χ3n) is 4.58. The maximum Gasteiger partial charge on any atom is 0.227 e. The Hall–Kier alpha value is -2.82. The van der Waals surface area contributed by atoms with Gasteiger partial charge >= 0.3 is 0 Å². The molecule has 2 aromatic carbocycles. The summed E-state index contributed by atoms with van der Waals surface area (Å²) in [5, 5.41) is 3.12. The Morgan fingerprint density at radius 2 is 1.88 bits per heavy atom. The number of benzene rings is 2. The van der Waals surface area contributed by atoms with Gasteiger partial charge in [0.1, 0.15) is 0 Å². The number of nitrogens with two attached hydrogens (primary N) is 1. The molecule has 1 heterocycles. The molecule has 0 radical (unpaired) electrons. The predicted octanol–water partition coefficient (Wildman–Crippen LogP) is 2.50. The van der Waals surface area contributed by atoms with E-state index in [1.807, 2.05) is 41.3 Å². The SMILES string of the molecule is NC(=NCCCC(=O)N1CCc2ccccc21)NCCc1ccccc1. The van der Waals surface area contributed by atoms with E-state index in [0.29, 0.717) is 25.3 Å². The number of guanidine groups is 1. The van der Waals surface area contributed by atoms with Gasteiger partial charge in [-0.15, -0.1) is 0 Å². The number of carbonyl (C=O) groups excluding carboxylic acids is 1. The maximum atomic E-state index is 12.4. The molecule has 0 aliphatic carbocycles. The topological polar surface area (TPSA) is 70.7 Å². The third-order valence-corrected chi connectivity index (χ3v) is 4.58. The van der Waals surface area contributed by atoms with Gasteiger partial charge in [-0.25, -0.2) is 0 Å². The lowest BCUT2D eigenvalue weighted by molar-refractivity contribution is -0.118. The molecule has 1 aliphatic heterocycles. The summed E-state index contributed by atoms with van der Waals surface area (Å²) < 4.78 is 0. The van der Waals surface area contributed by atoms with E-state index in [1.165, 1.54) is 11.1 Å². The van der Waals surface area contributed by atoms with E-state index in [9.17, 15) is 4.79 Å². The van der Waals surface area contributed by atoms with Crippen LogP contribution in [0.2, 0.25) is 0 Å². The highest BCUT2D eigenvalue weighted by atomic mass is 16.2. The molecule has 26 heavy (non-hydrogen) atoms. The van der Waals surface area contributed by atoms with Crippen molar-refractivity contribution in [3.8, 4) is 0 Å². The quantitative estimate of drug-likeness (QED) is 0.458. The zero-order chi connectivity index (χ0) is 18.2. The molecule has 0 atom stereocenters. The lowest BCUT2D eigenvalue weighted by Crippen LogP contribution is -2.33. The zero-order valence-electron chi connectivity index (χ0n) is 15.0. The molecular formula is C21H26N4O. The second kappa shape index (κ2) is 9.04. The van der Waals surface area contributed by atoms with E-state index in [2.05, 4.69) is 28.5 Å². The standard InChI is InChI=1S/C21H26N4O/c22-21(24-15-12-17-7-2-1-3-8-17)23-14-6-11-20(26)25-16-13-18-9-4-5-10-19(18)25/h1-5,7-10H,6,11-16H2,(H3,22,23,24). The largest absolute Gasteiger partial charge is 0.370 e. The van der Waals surface area contributed by atoms with Crippen LogP contribution in [-0.2, 0) is 17.6 Å². The van der Waals surface area contributed by atoms with Crippen LogP contribution in [0.1, 0.15) is 24.0 Å². The Morgan fingerprint density at radius 3 is 2.73 bits per heavy atom. The summed E-state index contributed by atoms with van der Waals surface area (Å²) in [6, 6.07) is 18.4. The van der Waals surface area contributed by atoms with Crippen molar-refractivity contribution in [2.24, 2.45) is 10.7 Å². The van der Waals surface area contributed by atoms with Gasteiger partial charge in [-0.1, -0.05) is 48.5 Å². The maximum absolute atomic E-state index is 12.4. The Bertz CT molecular complexity index is 758. The molecule has 2 aromatic rings. The van der Waals surface area contributed by atoms with Crippen LogP contribution >= 0.6 is 0 Å². The summed E-state index contributed by atoms with van der Waals surface area (Å²) >= 11 is 0. The van der Waals surface area contributed by atoms with E-state index in [1.54, 1.807) is 0 Å². The van der Waals surface area contributed by atoms with Crippen molar-refractivity contribution in [1.29, 1.82) is 0 Å². The van der Waals surface area contributed by atoms with Crippen LogP contribution in [0.3, 0.4) is 0 Å². The molecule has 0 unspecified atom stereocenters. The second-order valence-corrected chi connectivity index (χ2v) is 6.46. The van der Waals surface area contributed by atoms with E-state index in [0.717, 1.165) is 31.6 Å². The minimum absolute atomic E-state index is 0.167. The number of para-hydroxylation sites is 1. The summed E-state index contributed by atoms with van der Waals surface area (Å²) in [5.41, 5.74) is 9.47. The minimum Gasteiger partial charge on any atom is -0.370 e. The van der Waals surface area contributed by atoms with Crippen molar-refractivity contribution in [2.45, 2.75) is 25.7 Å². The fourth-order valence-corrected chi connectivity index (χ4v) is 3.20. The van der Waals surface area contributed by atoms with Gasteiger partial charge in [0.2, 0.25) is 5.91 Å². The third kappa shape index (κ3) is 4.85. The van der Waals surface area contributed by atoms with Crippen molar-refractivity contribution < 1.29 is 4.79 Å². The van der Waals surface area contributed by atoms with Gasteiger partial charge in [0.15, 0.2) is 5.96 Å². The van der Waals surface area contributed by atoms with Crippen LogP contribution in [0, 0.1) is 0 Å². The molecule has 1 aliphatic rings. The predicted molar refractivity (Wildman–Crippen MR) is 106 cm³/mol. The Morgan fingerprint density at radius 1 is 1.12 bits per heavy atom. The molecule has 1 amide bonds. The molecule has 3 N–H and O–H groups in total. The van der Waals surface area contributed by atoms with Gasteiger partial charge in [0.25, 0.3) is 0 Å². The lowest BCUT2D eigenvalue weighted by Gasteiger charge is -2.17. The second-order valence-electron chi connectivity index (χ2n) is 6.46. The van der Waals surface area contributed by atoms with Crippen molar-refractivity contribution >= 4 is 17.6 Å². The molecule has 136 valence electrons. The van der Waals surface area contributed by atoms with Crippen molar-refractivity contribution in [3.63, 3.8) is 0 Å². The highest BCUT2D eigenvalue weighted by Crippen LogP contribution is 2.27. The number of hydrogen-bond donors (Lipinski definition) is 2. The summed E-state index contributed by atoms with van der Waals surface area (Å²) in [5.74, 6) is 0.612. The normalized spacial score (nSPS) is 13.5. The lowest BCUT2D eigenvalue weighted by atomic mass is 10.1. The smallest absolute Gasteiger partial charge is 0.227 e. The summed E-state index contributed by atoms with van der Waals surface area (Å²) in [6.45, 7) is 2.10. The number of hydrogen-bond acceptors (Lipinski definition) is 2. The average molecular weight is 350 g/mol. The first-order chi connectivity index (χ1) is 12.7. The van der Waals surface area contributed by atoms with Gasteiger partial charge < -0.3 is 16.0 Å². The zero-order valence-corrected chi connectivity index (χ0v) is 15.0. The van der Waals surface area contributed by atoms with Crippen LogP contribution in [0.5, 0.6) is 0 Å². The first-order valence-electron chi connectivity index (χ1n) is 9.20.